The van der Waals surface area contributed by atoms with E-state index < -0.39 is 0 Å². The van der Waals surface area contributed by atoms with E-state index in [2.05, 4.69) is 5.32 Å². The lowest BCUT2D eigenvalue weighted by Gasteiger charge is -2.20. The van der Waals surface area contributed by atoms with Crippen molar-refractivity contribution in [3.63, 3.8) is 0 Å². The summed E-state index contributed by atoms with van der Waals surface area (Å²) in [6, 6.07) is 24.5. The number of benzene rings is 3. The van der Waals surface area contributed by atoms with Gasteiger partial charge in [0.2, 0.25) is 0 Å². The summed E-state index contributed by atoms with van der Waals surface area (Å²) in [5, 5.41) is 3.15. The monoisotopic (exact) mass is 405 g/mol. The average Bonchev–Trinajstić information content (AvgIpc) is 2.81. The highest BCUT2D eigenvalue weighted by Crippen LogP contribution is 2.25. The minimum Gasteiger partial charge on any atom is -0.497 e. The minimum absolute atomic E-state index is 0.171. The van der Waals surface area contributed by atoms with Crippen molar-refractivity contribution in [2.45, 2.75) is 13.0 Å². The number of methoxy groups -OCH3 is 1. The van der Waals surface area contributed by atoms with E-state index in [-0.39, 0.29) is 11.9 Å². The molecule has 3 rings (SSSR count). The van der Waals surface area contributed by atoms with Crippen LogP contribution in [0.1, 0.15) is 34.5 Å². The van der Waals surface area contributed by atoms with Gasteiger partial charge in [-0.1, -0.05) is 48.5 Å². The van der Waals surface area contributed by atoms with E-state index in [0.29, 0.717) is 31.1 Å². The molecule has 30 heavy (non-hydrogen) atoms. The Balaban J connectivity index is 1.78. The Morgan fingerprint density at radius 3 is 2.30 bits per heavy atom. The number of hydrogen-bond acceptors (Lipinski definition) is 4. The molecule has 0 aliphatic rings. The normalized spacial score (nSPS) is 11.5. The van der Waals surface area contributed by atoms with Crippen LogP contribution >= 0.6 is 0 Å². The van der Waals surface area contributed by atoms with Crippen LogP contribution in [0.3, 0.4) is 0 Å². The van der Waals surface area contributed by atoms with Crippen LogP contribution in [0.2, 0.25) is 0 Å². The molecule has 0 aliphatic carbocycles. The molecular formula is C25H27NO4. The van der Waals surface area contributed by atoms with Crippen molar-refractivity contribution in [3.05, 3.63) is 95.6 Å². The molecule has 0 saturated heterocycles. The molecule has 0 heterocycles. The van der Waals surface area contributed by atoms with Gasteiger partial charge >= 0.3 is 0 Å². The first-order valence-electron chi connectivity index (χ1n) is 10.0. The van der Waals surface area contributed by atoms with Gasteiger partial charge in [-0.05, 0) is 48.4 Å². The Labute approximate surface area is 177 Å². The Morgan fingerprint density at radius 1 is 0.867 bits per heavy atom. The second-order valence-corrected chi connectivity index (χ2v) is 6.66. The summed E-state index contributed by atoms with van der Waals surface area (Å²) in [4.78, 5) is 13.0. The minimum atomic E-state index is -0.285. The van der Waals surface area contributed by atoms with Crippen LogP contribution in [-0.2, 0) is 4.74 Å². The summed E-state index contributed by atoms with van der Waals surface area (Å²) in [5.41, 5.74) is 2.51. The van der Waals surface area contributed by atoms with Gasteiger partial charge in [0.05, 0.1) is 19.8 Å². The third kappa shape index (κ3) is 5.84. The van der Waals surface area contributed by atoms with Gasteiger partial charge in [-0.25, -0.2) is 0 Å². The number of carbonyl (C=O) groups excluding carboxylic acids is 1. The molecule has 0 unspecified atom stereocenters. The molecule has 5 heteroatoms. The first-order valence-corrected chi connectivity index (χ1v) is 10.0. The van der Waals surface area contributed by atoms with Gasteiger partial charge in [-0.2, -0.15) is 0 Å². The smallest absolute Gasteiger partial charge is 0.252 e. The van der Waals surface area contributed by atoms with Crippen LogP contribution in [0.25, 0.3) is 0 Å². The lowest BCUT2D eigenvalue weighted by molar-refractivity contribution is 0.0941. The molecule has 1 amide bonds. The van der Waals surface area contributed by atoms with E-state index in [1.54, 1.807) is 19.2 Å². The molecule has 0 aromatic heterocycles. The third-order valence-corrected chi connectivity index (χ3v) is 4.65. The molecule has 0 aliphatic heterocycles. The Kier molecular flexibility index (Phi) is 7.86. The molecule has 0 radical (unpaired) electrons. The molecule has 1 atom stereocenters. The van der Waals surface area contributed by atoms with Crippen LogP contribution in [0.4, 0.5) is 0 Å². The highest BCUT2D eigenvalue weighted by Gasteiger charge is 2.18. The standard InChI is InChI=1S/C25H27NO4/c1-3-29-16-17-30-23-11-7-10-21(18-23)25(27)26-24(19-8-5-4-6-9-19)20-12-14-22(28-2)15-13-20/h4-15,18,24H,3,16-17H2,1-2H3,(H,26,27)/t24-/m1/s1. The largest absolute Gasteiger partial charge is 0.497 e. The van der Waals surface area contributed by atoms with Gasteiger partial charge in [-0.15, -0.1) is 0 Å². The summed E-state index contributed by atoms with van der Waals surface area (Å²) in [5.74, 6) is 1.24. The second-order valence-electron chi connectivity index (χ2n) is 6.66. The Hall–Kier alpha value is -3.31. The molecule has 156 valence electrons. The molecule has 1 N–H and O–H groups in total. The van der Waals surface area contributed by atoms with Gasteiger partial charge < -0.3 is 19.5 Å². The molecule has 0 saturated carbocycles. The number of rotatable bonds is 10. The molecular weight excluding hydrogens is 378 g/mol. The van der Waals surface area contributed by atoms with Crippen molar-refractivity contribution in [1.82, 2.24) is 5.32 Å². The van der Waals surface area contributed by atoms with E-state index in [9.17, 15) is 4.79 Å². The predicted molar refractivity (Wildman–Crippen MR) is 117 cm³/mol. The zero-order chi connectivity index (χ0) is 21.2. The number of amides is 1. The zero-order valence-electron chi connectivity index (χ0n) is 17.3. The van der Waals surface area contributed by atoms with E-state index in [0.717, 1.165) is 16.9 Å². The Bertz CT molecular complexity index is 925. The fourth-order valence-electron chi connectivity index (χ4n) is 3.11. The fourth-order valence-corrected chi connectivity index (χ4v) is 3.11. The zero-order valence-corrected chi connectivity index (χ0v) is 17.3. The Morgan fingerprint density at radius 2 is 1.60 bits per heavy atom. The number of carbonyl (C=O) groups is 1. The molecule has 0 spiro atoms. The number of ether oxygens (including phenoxy) is 3. The summed E-state index contributed by atoms with van der Waals surface area (Å²) in [6.07, 6.45) is 0. The van der Waals surface area contributed by atoms with Gasteiger partial charge in [0.25, 0.3) is 5.91 Å². The lowest BCUT2D eigenvalue weighted by atomic mass is 9.98. The third-order valence-electron chi connectivity index (χ3n) is 4.65. The maximum Gasteiger partial charge on any atom is 0.252 e. The first-order chi connectivity index (χ1) is 14.7. The van der Waals surface area contributed by atoms with Gasteiger partial charge in [0, 0.05) is 12.2 Å². The highest BCUT2D eigenvalue weighted by molar-refractivity contribution is 5.95. The maximum absolute atomic E-state index is 13.0. The van der Waals surface area contributed by atoms with Gasteiger partial charge in [0.15, 0.2) is 0 Å². The number of nitrogens with one attached hydrogen (secondary N) is 1. The second kappa shape index (κ2) is 11.0. The van der Waals surface area contributed by atoms with Crippen LogP contribution in [0, 0.1) is 0 Å². The van der Waals surface area contributed by atoms with Gasteiger partial charge in [-0.3, -0.25) is 4.79 Å². The SMILES string of the molecule is CCOCCOc1cccc(C(=O)N[C@H](c2ccccc2)c2ccc(OC)cc2)c1. The molecule has 5 nitrogen and oxygen atoms in total. The van der Waals surface area contributed by atoms with Crippen molar-refractivity contribution in [1.29, 1.82) is 0 Å². The quantitative estimate of drug-likeness (QED) is 0.500. The van der Waals surface area contributed by atoms with Crippen LogP contribution in [0.5, 0.6) is 11.5 Å². The maximum atomic E-state index is 13.0. The van der Waals surface area contributed by atoms with E-state index >= 15 is 0 Å². The van der Waals surface area contributed by atoms with E-state index in [4.69, 9.17) is 14.2 Å². The average molecular weight is 405 g/mol. The van der Waals surface area contributed by atoms with Crippen LogP contribution in [0.15, 0.2) is 78.9 Å². The van der Waals surface area contributed by atoms with Crippen molar-refractivity contribution in [2.24, 2.45) is 0 Å². The van der Waals surface area contributed by atoms with Crippen molar-refractivity contribution in [3.8, 4) is 11.5 Å². The number of hydrogen-bond donors (Lipinski definition) is 1. The molecule has 0 bridgehead atoms. The topological polar surface area (TPSA) is 56.8 Å². The summed E-state index contributed by atoms with van der Waals surface area (Å²) < 4.78 is 16.2. The lowest BCUT2D eigenvalue weighted by Crippen LogP contribution is -2.29. The summed E-state index contributed by atoms with van der Waals surface area (Å²) >= 11 is 0. The molecule has 3 aromatic carbocycles. The first kappa shape index (κ1) is 21.4. The van der Waals surface area contributed by atoms with Crippen LogP contribution < -0.4 is 14.8 Å². The summed E-state index contributed by atoms with van der Waals surface area (Å²) in [6.45, 7) is 3.55. The van der Waals surface area contributed by atoms with Crippen LogP contribution in [-0.4, -0.2) is 32.8 Å². The van der Waals surface area contributed by atoms with E-state index in [1.165, 1.54) is 0 Å². The molecule has 0 fully saturated rings. The van der Waals surface area contributed by atoms with Crippen molar-refractivity contribution >= 4 is 5.91 Å². The highest BCUT2D eigenvalue weighted by atomic mass is 16.5. The van der Waals surface area contributed by atoms with Gasteiger partial charge in [0.1, 0.15) is 18.1 Å². The fraction of sp³-hybridized carbons (Fsp3) is 0.240. The predicted octanol–water partition coefficient (Wildman–Crippen LogP) is 4.63. The van der Waals surface area contributed by atoms with Crippen molar-refractivity contribution in [2.75, 3.05) is 26.9 Å². The molecule has 3 aromatic rings. The van der Waals surface area contributed by atoms with E-state index in [1.807, 2.05) is 73.7 Å². The summed E-state index contributed by atoms with van der Waals surface area (Å²) in [7, 11) is 1.63. The van der Waals surface area contributed by atoms with Crippen molar-refractivity contribution < 1.29 is 19.0 Å².